The van der Waals surface area contributed by atoms with Crippen molar-refractivity contribution in [1.82, 2.24) is 14.5 Å². The highest BCUT2D eigenvalue weighted by Crippen LogP contribution is 2.27. The highest BCUT2D eigenvalue weighted by atomic mass is 15.1. The van der Waals surface area contributed by atoms with Gasteiger partial charge in [0.15, 0.2) is 5.82 Å². The molecule has 96 valence electrons. The van der Waals surface area contributed by atoms with Crippen LogP contribution in [0, 0.1) is 0 Å². The average Bonchev–Trinajstić information content (AvgIpc) is 2.78. The second kappa shape index (κ2) is 4.39. The molecule has 0 aliphatic carbocycles. The molecule has 0 amide bonds. The molecule has 2 N–H and O–H groups in total. The minimum absolute atomic E-state index is 0.321. The Morgan fingerprint density at radius 1 is 1.11 bits per heavy atom. The average molecular weight is 252 g/mol. The van der Waals surface area contributed by atoms with Crippen LogP contribution >= 0.6 is 0 Å². The van der Waals surface area contributed by atoms with Gasteiger partial charge < -0.3 is 10.3 Å². The summed E-state index contributed by atoms with van der Waals surface area (Å²) in [6, 6.07) is 12.2. The third kappa shape index (κ3) is 1.95. The second-order valence-electron chi connectivity index (χ2n) is 4.86. The van der Waals surface area contributed by atoms with Crippen molar-refractivity contribution < 1.29 is 0 Å². The highest BCUT2D eigenvalue weighted by molar-refractivity contribution is 5.80. The second-order valence-corrected chi connectivity index (χ2v) is 4.86. The van der Waals surface area contributed by atoms with Crippen molar-refractivity contribution in [3.05, 3.63) is 42.6 Å². The minimum Gasteiger partial charge on any atom is -0.397 e. The van der Waals surface area contributed by atoms with E-state index >= 15 is 0 Å². The number of benzene rings is 1. The number of imidazole rings is 1. The molecule has 0 spiro atoms. The molecule has 0 aliphatic heterocycles. The summed E-state index contributed by atoms with van der Waals surface area (Å²) in [5, 5.41) is 0. The van der Waals surface area contributed by atoms with Gasteiger partial charge >= 0.3 is 0 Å². The summed E-state index contributed by atoms with van der Waals surface area (Å²) in [6.07, 6.45) is 1.67. The molecule has 2 aromatic heterocycles. The SMILES string of the molecule is CC(C)n1c(-c2ccc(N)cn2)nc2ccccc21. The van der Waals surface area contributed by atoms with E-state index in [2.05, 4.69) is 29.5 Å². The maximum Gasteiger partial charge on any atom is 0.160 e. The van der Waals surface area contributed by atoms with Crippen molar-refractivity contribution in [3.8, 4) is 11.5 Å². The van der Waals surface area contributed by atoms with Crippen molar-refractivity contribution in [2.45, 2.75) is 19.9 Å². The Kier molecular flexibility index (Phi) is 2.71. The molecule has 1 aromatic carbocycles. The number of nitrogens with two attached hydrogens (primary N) is 1. The van der Waals surface area contributed by atoms with Crippen molar-refractivity contribution in [2.24, 2.45) is 0 Å². The maximum absolute atomic E-state index is 5.69. The monoisotopic (exact) mass is 252 g/mol. The van der Waals surface area contributed by atoms with Gasteiger partial charge in [0, 0.05) is 6.04 Å². The lowest BCUT2D eigenvalue weighted by atomic mass is 10.2. The third-order valence-corrected chi connectivity index (χ3v) is 3.13. The molecule has 2 heterocycles. The molecule has 19 heavy (non-hydrogen) atoms. The quantitative estimate of drug-likeness (QED) is 0.761. The van der Waals surface area contributed by atoms with Crippen LogP contribution in [-0.4, -0.2) is 14.5 Å². The fourth-order valence-corrected chi connectivity index (χ4v) is 2.29. The van der Waals surface area contributed by atoms with Gasteiger partial charge in [-0.3, -0.25) is 4.98 Å². The van der Waals surface area contributed by atoms with Gasteiger partial charge in [0.2, 0.25) is 0 Å². The Balaban J connectivity index is 2.28. The van der Waals surface area contributed by atoms with Crippen LogP contribution in [0.3, 0.4) is 0 Å². The minimum atomic E-state index is 0.321. The van der Waals surface area contributed by atoms with Gasteiger partial charge in [-0.05, 0) is 38.1 Å². The van der Waals surface area contributed by atoms with Crippen LogP contribution in [0.5, 0.6) is 0 Å². The number of anilines is 1. The Morgan fingerprint density at radius 3 is 2.58 bits per heavy atom. The zero-order valence-corrected chi connectivity index (χ0v) is 11.0. The first-order chi connectivity index (χ1) is 9.16. The van der Waals surface area contributed by atoms with Gasteiger partial charge in [-0.1, -0.05) is 12.1 Å². The molecule has 0 radical (unpaired) electrons. The van der Waals surface area contributed by atoms with E-state index in [1.54, 1.807) is 6.20 Å². The molecular weight excluding hydrogens is 236 g/mol. The predicted octanol–water partition coefficient (Wildman–Crippen LogP) is 3.26. The number of para-hydroxylation sites is 2. The van der Waals surface area contributed by atoms with E-state index in [1.807, 2.05) is 30.3 Å². The molecule has 0 saturated heterocycles. The van der Waals surface area contributed by atoms with Crippen molar-refractivity contribution >= 4 is 16.7 Å². The molecule has 4 heteroatoms. The van der Waals surface area contributed by atoms with Crippen molar-refractivity contribution in [3.63, 3.8) is 0 Å². The van der Waals surface area contributed by atoms with Crippen molar-refractivity contribution in [2.75, 3.05) is 5.73 Å². The molecule has 4 nitrogen and oxygen atoms in total. The maximum atomic E-state index is 5.69. The summed E-state index contributed by atoms with van der Waals surface area (Å²) in [5.74, 6) is 0.885. The number of hydrogen-bond donors (Lipinski definition) is 1. The smallest absolute Gasteiger partial charge is 0.160 e. The Bertz CT molecular complexity index is 711. The zero-order chi connectivity index (χ0) is 13.4. The normalized spacial score (nSPS) is 11.3. The number of pyridine rings is 1. The lowest BCUT2D eigenvalue weighted by molar-refractivity contribution is 0.623. The van der Waals surface area contributed by atoms with E-state index in [-0.39, 0.29) is 0 Å². The largest absolute Gasteiger partial charge is 0.397 e. The summed E-state index contributed by atoms with van der Waals surface area (Å²) in [7, 11) is 0. The van der Waals surface area contributed by atoms with Crippen LogP contribution in [-0.2, 0) is 0 Å². The summed E-state index contributed by atoms with van der Waals surface area (Å²) in [4.78, 5) is 9.07. The van der Waals surface area contributed by atoms with Crippen LogP contribution in [0.25, 0.3) is 22.6 Å². The van der Waals surface area contributed by atoms with Crippen LogP contribution < -0.4 is 5.73 Å². The fourth-order valence-electron chi connectivity index (χ4n) is 2.29. The van der Waals surface area contributed by atoms with Crippen LogP contribution in [0.4, 0.5) is 5.69 Å². The topological polar surface area (TPSA) is 56.7 Å². The van der Waals surface area contributed by atoms with E-state index in [0.717, 1.165) is 22.6 Å². The number of hydrogen-bond acceptors (Lipinski definition) is 3. The van der Waals surface area contributed by atoms with Gasteiger partial charge in [-0.15, -0.1) is 0 Å². The molecule has 0 bridgehead atoms. The molecule has 0 saturated carbocycles. The van der Waals surface area contributed by atoms with Crippen LogP contribution in [0.2, 0.25) is 0 Å². The van der Waals surface area contributed by atoms with Gasteiger partial charge in [0.05, 0.1) is 22.9 Å². The van der Waals surface area contributed by atoms with E-state index < -0.39 is 0 Å². The van der Waals surface area contributed by atoms with Gasteiger partial charge in [0.25, 0.3) is 0 Å². The summed E-state index contributed by atoms with van der Waals surface area (Å²) in [6.45, 7) is 4.30. The Hall–Kier alpha value is -2.36. The fraction of sp³-hybridized carbons (Fsp3) is 0.200. The number of fused-ring (bicyclic) bond motifs is 1. The van der Waals surface area contributed by atoms with E-state index in [9.17, 15) is 0 Å². The number of nitrogen functional groups attached to an aromatic ring is 1. The number of aromatic nitrogens is 3. The standard InChI is InChI=1S/C15H16N4/c1-10(2)19-14-6-4-3-5-12(14)18-15(19)13-8-7-11(16)9-17-13/h3-10H,16H2,1-2H3. The predicted molar refractivity (Wildman–Crippen MR) is 77.8 cm³/mol. The third-order valence-electron chi connectivity index (χ3n) is 3.13. The van der Waals surface area contributed by atoms with E-state index in [4.69, 9.17) is 10.7 Å². The lowest BCUT2D eigenvalue weighted by Gasteiger charge is -2.12. The van der Waals surface area contributed by atoms with Gasteiger partial charge in [-0.2, -0.15) is 0 Å². The molecule has 0 aliphatic rings. The first kappa shape index (κ1) is 11.7. The van der Waals surface area contributed by atoms with Gasteiger partial charge in [0.1, 0.15) is 5.69 Å². The van der Waals surface area contributed by atoms with Crippen molar-refractivity contribution in [1.29, 1.82) is 0 Å². The van der Waals surface area contributed by atoms with E-state index in [0.29, 0.717) is 11.7 Å². The zero-order valence-electron chi connectivity index (χ0n) is 11.0. The Morgan fingerprint density at radius 2 is 1.89 bits per heavy atom. The first-order valence-electron chi connectivity index (χ1n) is 6.35. The number of nitrogens with zero attached hydrogens (tertiary/aromatic N) is 3. The Labute approximate surface area is 111 Å². The number of rotatable bonds is 2. The molecule has 0 unspecified atom stereocenters. The summed E-state index contributed by atoms with van der Waals surface area (Å²) >= 11 is 0. The van der Waals surface area contributed by atoms with Crippen LogP contribution in [0.1, 0.15) is 19.9 Å². The van der Waals surface area contributed by atoms with Crippen LogP contribution in [0.15, 0.2) is 42.6 Å². The molecular formula is C15H16N4. The first-order valence-corrected chi connectivity index (χ1v) is 6.35. The molecule has 0 fully saturated rings. The highest BCUT2D eigenvalue weighted by Gasteiger charge is 2.15. The summed E-state index contributed by atoms with van der Waals surface area (Å²) in [5.41, 5.74) is 9.32. The van der Waals surface area contributed by atoms with Gasteiger partial charge in [-0.25, -0.2) is 4.98 Å². The van der Waals surface area contributed by atoms with E-state index in [1.165, 1.54) is 0 Å². The lowest BCUT2D eigenvalue weighted by Crippen LogP contribution is -2.04. The molecule has 3 rings (SSSR count). The molecule has 0 atom stereocenters. The molecule has 3 aromatic rings. The summed E-state index contributed by atoms with van der Waals surface area (Å²) < 4.78 is 2.20.